The summed E-state index contributed by atoms with van der Waals surface area (Å²) >= 11 is 0. The third-order valence-electron chi connectivity index (χ3n) is 10.1. The number of ketones is 1. The average Bonchev–Trinajstić information content (AvgIpc) is 3.24. The van der Waals surface area contributed by atoms with E-state index in [2.05, 4.69) is 12.2 Å². The predicted molar refractivity (Wildman–Crippen MR) is 150 cm³/mol. The third kappa shape index (κ3) is 4.86. The van der Waals surface area contributed by atoms with Gasteiger partial charge in [0.1, 0.15) is 17.2 Å². The summed E-state index contributed by atoms with van der Waals surface area (Å²) in [5, 5.41) is 3.41. The van der Waals surface area contributed by atoms with E-state index in [1.54, 1.807) is 0 Å². The topological polar surface area (TPSA) is 78.8 Å². The number of nitrogens with zero attached hydrogens (tertiary/aromatic N) is 2. The van der Waals surface area contributed by atoms with Gasteiger partial charge in [-0.1, -0.05) is 38.3 Å². The maximum atomic E-state index is 13.9. The molecule has 42 heavy (non-hydrogen) atoms. The van der Waals surface area contributed by atoms with Crippen LogP contribution in [-0.2, 0) is 27.5 Å². The van der Waals surface area contributed by atoms with Crippen molar-refractivity contribution in [3.05, 3.63) is 65.5 Å². The van der Waals surface area contributed by atoms with Crippen LogP contribution in [0.5, 0.6) is 0 Å². The Labute approximate surface area is 243 Å². The van der Waals surface area contributed by atoms with Gasteiger partial charge in [0, 0.05) is 23.9 Å². The number of carbonyl (C=O) groups is 1. The summed E-state index contributed by atoms with van der Waals surface area (Å²) in [6.07, 6.45) is 1.03. The van der Waals surface area contributed by atoms with Gasteiger partial charge in [-0.15, -0.1) is 0 Å². The number of hydrogen-bond donors (Lipinski definition) is 1. The number of rotatable bonds is 10. The van der Waals surface area contributed by atoms with Crippen molar-refractivity contribution in [2.45, 2.75) is 87.5 Å². The maximum Gasteiger partial charge on any atom is 0.416 e. The molecule has 1 aliphatic heterocycles. The van der Waals surface area contributed by atoms with Crippen LogP contribution in [0.4, 0.5) is 17.6 Å². The van der Waals surface area contributed by atoms with Gasteiger partial charge in [0.15, 0.2) is 5.78 Å². The molecule has 1 unspecified atom stereocenters. The number of alkyl halides is 3. The first-order chi connectivity index (χ1) is 19.7. The lowest BCUT2D eigenvalue weighted by Crippen LogP contribution is -2.78. The molecule has 4 saturated carbocycles. The number of aliphatic imine (C=N–C) groups is 1. The van der Waals surface area contributed by atoms with E-state index >= 15 is 0 Å². The van der Waals surface area contributed by atoms with Crippen molar-refractivity contribution in [2.24, 2.45) is 22.2 Å². The number of benzene rings is 2. The average molecular weight is 606 g/mol. The molecule has 11 heteroatoms. The van der Waals surface area contributed by atoms with E-state index in [0.29, 0.717) is 49.6 Å². The van der Waals surface area contributed by atoms with Gasteiger partial charge < -0.3 is 5.32 Å². The lowest BCUT2D eigenvalue weighted by Gasteiger charge is -2.73. The molecule has 6 nitrogen and oxygen atoms in total. The number of carbonyl (C=O) groups excluding carboxylic acids is 1. The van der Waals surface area contributed by atoms with Crippen LogP contribution in [0, 0.1) is 23.1 Å². The monoisotopic (exact) mass is 605 g/mol. The molecule has 0 aromatic heterocycles. The van der Waals surface area contributed by atoms with Crippen LogP contribution in [0.1, 0.15) is 69.9 Å². The van der Waals surface area contributed by atoms with Crippen LogP contribution in [0.2, 0.25) is 0 Å². The van der Waals surface area contributed by atoms with Gasteiger partial charge in [-0.2, -0.15) is 17.5 Å². The van der Waals surface area contributed by atoms with Gasteiger partial charge in [-0.05, 0) is 80.0 Å². The SMILES string of the molecule is CC(CC(=O)[C@@]1(C)CN=C(C23CC(N(Cc4ccc(C(F)(F)F)cc4)S(=O)(=O)c4ccc(F)cc4)(C2)C3)N1)C1CCC1. The standard InChI is InChI=1S/C31H35F4N3O3S/c1-20(22-4-3-5-22)14-26(39)28(2)19-36-27(37-28)29-16-30(17-29,18-29)38(42(40,41)25-12-10-24(32)11-13-25)15-21-6-8-23(9-7-21)31(33,34)35/h6-13,20,22H,3-5,14-19H2,1-2H3,(H,36,37)/t20?,28-,29?,30?/m1/s1. The summed E-state index contributed by atoms with van der Waals surface area (Å²) in [5.74, 6) is 1.26. The van der Waals surface area contributed by atoms with Crippen LogP contribution in [0.25, 0.3) is 0 Å². The second-order valence-corrected chi connectivity index (χ2v) is 15.0. The molecule has 2 aromatic carbocycles. The summed E-state index contributed by atoms with van der Waals surface area (Å²) in [4.78, 5) is 17.9. The van der Waals surface area contributed by atoms with Crippen molar-refractivity contribution in [3.8, 4) is 0 Å². The molecule has 0 spiro atoms. The van der Waals surface area contributed by atoms with E-state index in [9.17, 15) is 30.8 Å². The number of nitrogens with one attached hydrogen (secondary N) is 1. The molecule has 2 atom stereocenters. The summed E-state index contributed by atoms with van der Waals surface area (Å²) < 4.78 is 82.1. The van der Waals surface area contributed by atoms with Gasteiger partial charge in [-0.3, -0.25) is 9.79 Å². The highest BCUT2D eigenvalue weighted by Crippen LogP contribution is 2.71. The molecule has 4 fully saturated rings. The largest absolute Gasteiger partial charge is 0.416 e. The van der Waals surface area contributed by atoms with Crippen molar-refractivity contribution >= 4 is 21.6 Å². The highest BCUT2D eigenvalue weighted by molar-refractivity contribution is 7.89. The van der Waals surface area contributed by atoms with Gasteiger partial charge >= 0.3 is 6.18 Å². The van der Waals surface area contributed by atoms with E-state index in [1.807, 2.05) is 6.92 Å². The Bertz CT molecular complexity index is 1500. The molecule has 2 bridgehead atoms. The molecule has 7 rings (SSSR count). The molecule has 2 aromatic rings. The first kappa shape index (κ1) is 29.3. The number of sulfonamides is 1. The highest BCUT2D eigenvalue weighted by Gasteiger charge is 2.75. The number of halogens is 4. The van der Waals surface area contributed by atoms with E-state index < -0.39 is 38.7 Å². The van der Waals surface area contributed by atoms with Crippen molar-refractivity contribution in [1.29, 1.82) is 0 Å². The fourth-order valence-corrected chi connectivity index (χ4v) is 8.94. The Kier molecular flexibility index (Phi) is 6.88. The zero-order chi connectivity index (χ0) is 30.1. The van der Waals surface area contributed by atoms with Crippen molar-refractivity contribution in [1.82, 2.24) is 9.62 Å². The number of Topliss-reactive ketones (excluding diaryl/α,β-unsaturated/α-hetero) is 1. The molecule has 5 aliphatic rings. The zero-order valence-electron chi connectivity index (χ0n) is 23.7. The second kappa shape index (κ2) is 9.87. The first-order valence-corrected chi connectivity index (χ1v) is 15.9. The fraction of sp³-hybridized carbons (Fsp3) is 0.548. The van der Waals surface area contributed by atoms with Crippen LogP contribution in [0.15, 0.2) is 58.4 Å². The zero-order valence-corrected chi connectivity index (χ0v) is 24.5. The van der Waals surface area contributed by atoms with Gasteiger partial charge in [0.05, 0.1) is 17.0 Å². The minimum absolute atomic E-state index is 0.0790. The lowest BCUT2D eigenvalue weighted by atomic mass is 9.38. The molecule has 1 N–H and O–H groups in total. The molecule has 226 valence electrons. The van der Waals surface area contributed by atoms with Crippen LogP contribution >= 0.6 is 0 Å². The first-order valence-electron chi connectivity index (χ1n) is 14.5. The summed E-state index contributed by atoms with van der Waals surface area (Å²) in [6, 6.07) is 9.04. The highest BCUT2D eigenvalue weighted by atomic mass is 32.2. The van der Waals surface area contributed by atoms with Crippen molar-refractivity contribution in [3.63, 3.8) is 0 Å². The van der Waals surface area contributed by atoms with Gasteiger partial charge in [-0.25, -0.2) is 12.8 Å². The Morgan fingerprint density at radius 3 is 2.24 bits per heavy atom. The van der Waals surface area contributed by atoms with Crippen molar-refractivity contribution in [2.75, 3.05) is 6.54 Å². The summed E-state index contributed by atoms with van der Waals surface area (Å²) in [7, 11) is -4.11. The van der Waals surface area contributed by atoms with Crippen LogP contribution < -0.4 is 5.32 Å². The second-order valence-electron chi connectivity index (χ2n) is 13.1. The molecular weight excluding hydrogens is 570 g/mol. The minimum atomic E-state index is -4.50. The molecular formula is C31H35F4N3O3S. The van der Waals surface area contributed by atoms with E-state index in [0.717, 1.165) is 30.1 Å². The van der Waals surface area contributed by atoms with Crippen molar-refractivity contribution < 1.29 is 30.8 Å². The summed E-state index contributed by atoms with van der Waals surface area (Å²) in [6.45, 7) is 4.25. The van der Waals surface area contributed by atoms with Gasteiger partial charge in [0.2, 0.25) is 10.0 Å². The molecule has 4 aliphatic carbocycles. The van der Waals surface area contributed by atoms with E-state index in [1.165, 1.54) is 47.8 Å². The van der Waals surface area contributed by atoms with E-state index in [-0.39, 0.29) is 22.6 Å². The number of hydrogen-bond acceptors (Lipinski definition) is 5. The molecule has 0 radical (unpaired) electrons. The Hall–Kier alpha value is -2.79. The Balaban J connectivity index is 1.19. The Morgan fingerprint density at radius 2 is 1.69 bits per heavy atom. The number of amidine groups is 1. The summed E-state index contributed by atoms with van der Waals surface area (Å²) in [5.41, 5.74) is -2.29. The molecule has 0 amide bonds. The van der Waals surface area contributed by atoms with Crippen LogP contribution in [-0.4, -0.2) is 42.0 Å². The van der Waals surface area contributed by atoms with E-state index in [4.69, 9.17) is 4.99 Å². The third-order valence-corrected chi connectivity index (χ3v) is 12.0. The van der Waals surface area contributed by atoms with Crippen LogP contribution in [0.3, 0.4) is 0 Å². The molecule has 1 heterocycles. The predicted octanol–water partition coefficient (Wildman–Crippen LogP) is 6.11. The smallest absolute Gasteiger partial charge is 0.360 e. The molecule has 0 saturated heterocycles. The Morgan fingerprint density at radius 1 is 1.07 bits per heavy atom. The maximum absolute atomic E-state index is 13.9. The quantitative estimate of drug-likeness (QED) is 0.332. The fourth-order valence-electron chi connectivity index (χ4n) is 7.19. The normalized spacial score (nSPS) is 29.6. The lowest BCUT2D eigenvalue weighted by molar-refractivity contribution is -0.151. The van der Waals surface area contributed by atoms with Gasteiger partial charge in [0.25, 0.3) is 0 Å². The minimum Gasteiger partial charge on any atom is -0.360 e.